The number of carbonyl (C=O) groups excluding carboxylic acids is 1. The van der Waals surface area contributed by atoms with Crippen LogP contribution in [0.3, 0.4) is 0 Å². The Morgan fingerprint density at radius 3 is 2.21 bits per heavy atom. The smallest absolute Gasteiger partial charge is 0.253 e. The van der Waals surface area contributed by atoms with Crippen LogP contribution in [0.1, 0.15) is 10.4 Å². The minimum absolute atomic E-state index is 0.176. The molecule has 1 atom stereocenters. The number of alkyl halides is 3. The first kappa shape index (κ1) is 24.1. The summed E-state index contributed by atoms with van der Waals surface area (Å²) in [5, 5.41) is 8.57. The predicted molar refractivity (Wildman–Crippen MR) is 130 cm³/mol. The lowest BCUT2D eigenvalue weighted by atomic mass is 10.2. The molecule has 0 spiro atoms. The number of benzene rings is 2. The summed E-state index contributed by atoms with van der Waals surface area (Å²) >= 11 is 25.5. The molecule has 0 radical (unpaired) electrons. The fraction of sp³-hybridized carbons (Fsp3) is 0.222. The van der Waals surface area contributed by atoms with Crippen molar-refractivity contribution in [2.75, 3.05) is 19.5 Å². The van der Waals surface area contributed by atoms with Gasteiger partial charge in [0.15, 0.2) is 16.6 Å². The molecule has 11 heteroatoms. The number of thiocarbonyl (C=S) groups is 1. The zero-order valence-electron chi connectivity index (χ0n) is 15.3. The molecule has 0 aliphatic heterocycles. The van der Waals surface area contributed by atoms with E-state index in [4.69, 9.17) is 56.5 Å². The number of methoxy groups -OCH3 is 2. The highest BCUT2D eigenvalue weighted by atomic mass is 127. The van der Waals surface area contributed by atoms with E-state index in [1.807, 2.05) is 24.3 Å². The third-order valence-corrected chi connectivity index (χ3v) is 5.22. The van der Waals surface area contributed by atoms with Gasteiger partial charge in [-0.15, -0.1) is 0 Å². The number of hydrogen-bond donors (Lipinski definition) is 3. The van der Waals surface area contributed by atoms with Gasteiger partial charge >= 0.3 is 0 Å². The first-order chi connectivity index (χ1) is 13.6. The maximum absolute atomic E-state index is 12.7. The summed E-state index contributed by atoms with van der Waals surface area (Å²) in [6.07, 6.45) is -1.10. The molecule has 0 bridgehead atoms. The number of halogens is 4. The van der Waals surface area contributed by atoms with Gasteiger partial charge in [0.2, 0.25) is 3.79 Å². The van der Waals surface area contributed by atoms with Crippen LogP contribution in [0.4, 0.5) is 5.69 Å². The second-order valence-electron chi connectivity index (χ2n) is 5.62. The zero-order chi connectivity index (χ0) is 21.6. The Morgan fingerprint density at radius 2 is 1.66 bits per heavy atom. The number of hydrogen-bond acceptors (Lipinski definition) is 4. The van der Waals surface area contributed by atoms with E-state index >= 15 is 0 Å². The fourth-order valence-corrected chi connectivity index (χ4v) is 3.15. The van der Waals surface area contributed by atoms with Gasteiger partial charge < -0.3 is 25.4 Å². The molecule has 0 saturated carbocycles. The van der Waals surface area contributed by atoms with Crippen molar-refractivity contribution in [2.45, 2.75) is 9.96 Å². The van der Waals surface area contributed by atoms with Gasteiger partial charge in [-0.25, -0.2) is 0 Å². The molecule has 2 aromatic rings. The molecule has 0 heterocycles. The van der Waals surface area contributed by atoms with Gasteiger partial charge in [-0.1, -0.05) is 34.8 Å². The SMILES string of the molecule is COc1ccc(C(=O)NC(NC(=S)Nc2ccc(I)cc2)C(Cl)(Cl)Cl)cc1OC. The molecular weight excluding hydrogens is 572 g/mol. The number of amides is 1. The second-order valence-corrected chi connectivity index (χ2v) is 9.65. The van der Waals surface area contributed by atoms with E-state index in [2.05, 4.69) is 38.5 Å². The summed E-state index contributed by atoms with van der Waals surface area (Å²) in [5.41, 5.74) is 1.04. The van der Waals surface area contributed by atoms with Crippen molar-refractivity contribution in [3.63, 3.8) is 0 Å². The molecular formula is C18H17Cl3IN3O3S. The minimum Gasteiger partial charge on any atom is -0.493 e. The molecule has 0 fully saturated rings. The van der Waals surface area contributed by atoms with Crippen molar-refractivity contribution >= 4 is 86.3 Å². The van der Waals surface area contributed by atoms with Gasteiger partial charge in [0.1, 0.15) is 6.17 Å². The molecule has 3 N–H and O–H groups in total. The lowest BCUT2D eigenvalue weighted by Crippen LogP contribution is -2.56. The summed E-state index contributed by atoms with van der Waals surface area (Å²) in [7, 11) is 2.97. The van der Waals surface area contributed by atoms with E-state index in [0.717, 1.165) is 9.26 Å². The number of rotatable bonds is 6. The van der Waals surface area contributed by atoms with Crippen LogP contribution in [-0.2, 0) is 0 Å². The highest BCUT2D eigenvalue weighted by molar-refractivity contribution is 14.1. The van der Waals surface area contributed by atoms with Crippen molar-refractivity contribution in [2.24, 2.45) is 0 Å². The summed E-state index contributed by atoms with van der Waals surface area (Å²) in [6, 6.07) is 12.2. The van der Waals surface area contributed by atoms with Crippen molar-refractivity contribution in [1.29, 1.82) is 0 Å². The highest BCUT2D eigenvalue weighted by Gasteiger charge is 2.35. The summed E-state index contributed by atoms with van der Waals surface area (Å²) < 4.78 is 9.58. The lowest BCUT2D eigenvalue weighted by Gasteiger charge is -2.28. The Labute approximate surface area is 202 Å². The molecule has 2 rings (SSSR count). The van der Waals surface area contributed by atoms with E-state index in [9.17, 15) is 4.79 Å². The van der Waals surface area contributed by atoms with Crippen LogP contribution in [0.15, 0.2) is 42.5 Å². The molecule has 1 unspecified atom stereocenters. The largest absolute Gasteiger partial charge is 0.493 e. The first-order valence-corrected chi connectivity index (χ1v) is 10.7. The van der Waals surface area contributed by atoms with Gasteiger partial charge in [-0.3, -0.25) is 4.79 Å². The van der Waals surface area contributed by atoms with Gasteiger partial charge in [0.05, 0.1) is 14.2 Å². The molecule has 0 aromatic heterocycles. The minimum atomic E-state index is -1.87. The summed E-state index contributed by atoms with van der Waals surface area (Å²) in [4.78, 5) is 12.7. The van der Waals surface area contributed by atoms with Crippen molar-refractivity contribution in [3.8, 4) is 11.5 Å². The Bertz CT molecular complexity index is 879. The van der Waals surface area contributed by atoms with Gasteiger partial charge in [0.25, 0.3) is 5.91 Å². The van der Waals surface area contributed by atoms with Gasteiger partial charge in [-0.05, 0) is 77.3 Å². The molecule has 0 aliphatic carbocycles. The Balaban J connectivity index is 2.11. The van der Waals surface area contributed by atoms with Crippen LogP contribution >= 0.6 is 69.6 Å². The van der Waals surface area contributed by atoms with Crippen LogP contribution in [0, 0.1) is 3.57 Å². The average molecular weight is 589 g/mol. The molecule has 2 aromatic carbocycles. The van der Waals surface area contributed by atoms with Crippen LogP contribution < -0.4 is 25.4 Å². The number of nitrogens with one attached hydrogen (secondary N) is 3. The predicted octanol–water partition coefficient (Wildman–Crippen LogP) is 4.72. The number of ether oxygens (including phenoxy) is 2. The maximum atomic E-state index is 12.7. The summed E-state index contributed by atoms with van der Waals surface area (Å²) in [5.74, 6) is 0.393. The molecule has 1 amide bonds. The standard InChI is InChI=1S/C18H17Cl3IN3O3S/c1-27-13-8-3-10(9-14(13)28-2)15(26)24-16(18(19,20)21)25-17(29)23-12-6-4-11(22)5-7-12/h3-9,16H,1-2H3,(H,24,26)(H2,23,25,29). The number of carbonyl (C=O) groups is 1. The number of anilines is 1. The van der Waals surface area contributed by atoms with Crippen LogP contribution in [-0.4, -0.2) is 35.2 Å². The average Bonchev–Trinajstić information content (AvgIpc) is 2.67. The van der Waals surface area contributed by atoms with Gasteiger partial charge in [0, 0.05) is 14.8 Å². The third-order valence-electron chi connectivity index (χ3n) is 3.63. The van der Waals surface area contributed by atoms with E-state index in [0.29, 0.717) is 17.1 Å². The van der Waals surface area contributed by atoms with Crippen molar-refractivity contribution in [1.82, 2.24) is 10.6 Å². The first-order valence-electron chi connectivity index (χ1n) is 8.06. The Hall–Kier alpha value is -1.20. The summed E-state index contributed by atoms with van der Waals surface area (Å²) in [6.45, 7) is 0. The van der Waals surface area contributed by atoms with Crippen molar-refractivity contribution in [3.05, 3.63) is 51.6 Å². The molecule has 29 heavy (non-hydrogen) atoms. The topological polar surface area (TPSA) is 71.6 Å². The molecule has 0 saturated heterocycles. The molecule has 0 aliphatic rings. The monoisotopic (exact) mass is 587 g/mol. The highest BCUT2D eigenvalue weighted by Crippen LogP contribution is 2.30. The lowest BCUT2D eigenvalue weighted by molar-refractivity contribution is 0.0934. The Kier molecular flexibility index (Phi) is 8.90. The quantitative estimate of drug-likeness (QED) is 0.196. The fourth-order valence-electron chi connectivity index (χ4n) is 2.22. The molecule has 6 nitrogen and oxygen atoms in total. The maximum Gasteiger partial charge on any atom is 0.253 e. The van der Waals surface area contributed by atoms with E-state index in [-0.39, 0.29) is 5.11 Å². The second kappa shape index (κ2) is 10.7. The third kappa shape index (κ3) is 7.21. The van der Waals surface area contributed by atoms with Crippen LogP contribution in [0.25, 0.3) is 0 Å². The van der Waals surface area contributed by atoms with Crippen LogP contribution in [0.5, 0.6) is 11.5 Å². The molecule has 156 valence electrons. The Morgan fingerprint density at radius 1 is 1.03 bits per heavy atom. The zero-order valence-corrected chi connectivity index (χ0v) is 20.5. The van der Waals surface area contributed by atoms with E-state index in [1.165, 1.54) is 20.3 Å². The van der Waals surface area contributed by atoms with Crippen molar-refractivity contribution < 1.29 is 14.3 Å². The normalized spacial score (nSPS) is 11.9. The van der Waals surface area contributed by atoms with E-state index in [1.54, 1.807) is 12.1 Å². The van der Waals surface area contributed by atoms with E-state index < -0.39 is 15.9 Å². The van der Waals surface area contributed by atoms with Gasteiger partial charge in [-0.2, -0.15) is 0 Å². The van der Waals surface area contributed by atoms with Crippen LogP contribution in [0.2, 0.25) is 0 Å².